The molecule has 0 saturated carbocycles. The van der Waals surface area contributed by atoms with Gasteiger partial charge in [0.1, 0.15) is 0 Å². The zero-order valence-corrected chi connectivity index (χ0v) is 15.5. The van der Waals surface area contributed by atoms with Crippen LogP contribution in [-0.4, -0.2) is 10.9 Å². The van der Waals surface area contributed by atoms with E-state index in [9.17, 15) is 4.79 Å². The fourth-order valence-corrected chi connectivity index (χ4v) is 2.78. The maximum atomic E-state index is 12.0. The van der Waals surface area contributed by atoms with Crippen LogP contribution in [0.4, 0.5) is 5.69 Å². The van der Waals surface area contributed by atoms with Gasteiger partial charge in [-0.15, -0.1) is 0 Å². The fraction of sp³-hybridized carbons (Fsp3) is 0.111. The highest BCUT2D eigenvalue weighted by atomic mass is 127. The molecule has 0 fully saturated rings. The Hall–Kier alpha value is -1.86. The van der Waals surface area contributed by atoms with Gasteiger partial charge in [-0.1, -0.05) is 23.7 Å². The van der Waals surface area contributed by atoms with Crippen LogP contribution in [0.5, 0.6) is 0 Å². The van der Waals surface area contributed by atoms with Crippen molar-refractivity contribution in [1.82, 2.24) is 4.98 Å². The first-order chi connectivity index (χ1) is 11.6. The first kappa shape index (κ1) is 17.0. The number of nitrogens with zero attached hydrogens (tertiary/aromatic N) is 1. The summed E-state index contributed by atoms with van der Waals surface area (Å²) in [5.74, 6) is 1.05. The van der Waals surface area contributed by atoms with Gasteiger partial charge in [-0.2, -0.15) is 0 Å². The Kier molecular flexibility index (Phi) is 5.52. The fourth-order valence-electron chi connectivity index (χ4n) is 2.19. The lowest BCUT2D eigenvalue weighted by Gasteiger charge is -2.04. The van der Waals surface area contributed by atoms with E-state index in [1.807, 2.05) is 42.5 Å². The molecular weight excluding hydrogens is 439 g/mol. The second-order valence-corrected chi connectivity index (χ2v) is 6.81. The van der Waals surface area contributed by atoms with Gasteiger partial charge >= 0.3 is 0 Å². The van der Waals surface area contributed by atoms with E-state index in [2.05, 4.69) is 32.9 Å². The minimum Gasteiger partial charge on any atom is -0.441 e. The molecule has 24 heavy (non-hydrogen) atoms. The standard InChI is InChI=1S/C18H14ClIN2O2/c19-15-4-2-1-3-14(15)16-11-21-18(24-16)10-9-17(23)22-13-7-5-12(20)6-8-13/h1-8,11H,9-10H2,(H,22,23). The number of hydrogen-bond acceptors (Lipinski definition) is 3. The van der Waals surface area contributed by atoms with Crippen molar-refractivity contribution >= 4 is 45.8 Å². The molecule has 3 rings (SSSR count). The molecule has 6 heteroatoms. The van der Waals surface area contributed by atoms with Crippen LogP contribution < -0.4 is 5.32 Å². The predicted molar refractivity (Wildman–Crippen MR) is 103 cm³/mol. The van der Waals surface area contributed by atoms with Crippen molar-refractivity contribution in [3.05, 3.63) is 69.2 Å². The molecule has 1 amide bonds. The topological polar surface area (TPSA) is 55.1 Å². The minimum absolute atomic E-state index is 0.0753. The van der Waals surface area contributed by atoms with Gasteiger partial charge in [0.25, 0.3) is 0 Å². The molecule has 3 aromatic rings. The maximum absolute atomic E-state index is 12.0. The van der Waals surface area contributed by atoms with Crippen LogP contribution in [0.2, 0.25) is 5.02 Å². The molecule has 0 bridgehead atoms. The van der Waals surface area contributed by atoms with Crippen LogP contribution in [0, 0.1) is 3.57 Å². The van der Waals surface area contributed by atoms with Gasteiger partial charge in [0.05, 0.1) is 11.2 Å². The van der Waals surface area contributed by atoms with E-state index in [1.54, 1.807) is 12.3 Å². The lowest BCUT2D eigenvalue weighted by molar-refractivity contribution is -0.116. The molecule has 0 radical (unpaired) electrons. The van der Waals surface area contributed by atoms with Crippen molar-refractivity contribution in [2.24, 2.45) is 0 Å². The van der Waals surface area contributed by atoms with E-state index < -0.39 is 0 Å². The van der Waals surface area contributed by atoms with Crippen molar-refractivity contribution in [3.8, 4) is 11.3 Å². The molecule has 0 aliphatic heterocycles. The number of aromatic nitrogens is 1. The zero-order valence-electron chi connectivity index (χ0n) is 12.6. The first-order valence-corrected chi connectivity index (χ1v) is 8.82. The van der Waals surface area contributed by atoms with Crippen LogP contribution in [0.25, 0.3) is 11.3 Å². The summed E-state index contributed by atoms with van der Waals surface area (Å²) >= 11 is 8.37. The molecule has 0 saturated heterocycles. The Bertz CT molecular complexity index is 846. The molecule has 0 aliphatic carbocycles. The lowest BCUT2D eigenvalue weighted by Crippen LogP contribution is -2.12. The van der Waals surface area contributed by atoms with E-state index in [1.165, 1.54) is 0 Å². The Morgan fingerprint density at radius 2 is 1.92 bits per heavy atom. The van der Waals surface area contributed by atoms with E-state index >= 15 is 0 Å². The number of carbonyl (C=O) groups is 1. The largest absolute Gasteiger partial charge is 0.441 e. The zero-order chi connectivity index (χ0) is 16.9. The number of rotatable bonds is 5. The minimum atomic E-state index is -0.0753. The van der Waals surface area contributed by atoms with E-state index in [-0.39, 0.29) is 5.91 Å². The Morgan fingerprint density at radius 1 is 1.17 bits per heavy atom. The van der Waals surface area contributed by atoms with Gasteiger partial charge in [0.2, 0.25) is 5.91 Å². The predicted octanol–water partition coefficient (Wildman–Crippen LogP) is 5.17. The molecule has 0 unspecified atom stereocenters. The summed E-state index contributed by atoms with van der Waals surface area (Å²) < 4.78 is 6.81. The number of benzene rings is 2. The van der Waals surface area contributed by atoms with Gasteiger partial charge in [0, 0.05) is 27.7 Å². The molecular formula is C18H14ClIN2O2. The highest BCUT2D eigenvalue weighted by Crippen LogP contribution is 2.28. The Labute approximate surface area is 158 Å². The molecule has 1 heterocycles. The molecule has 2 aromatic carbocycles. The van der Waals surface area contributed by atoms with Crippen molar-refractivity contribution in [2.75, 3.05) is 5.32 Å². The van der Waals surface area contributed by atoms with Crippen molar-refractivity contribution < 1.29 is 9.21 Å². The normalized spacial score (nSPS) is 10.6. The summed E-state index contributed by atoms with van der Waals surface area (Å²) in [4.78, 5) is 16.2. The Balaban J connectivity index is 1.58. The molecule has 122 valence electrons. The summed E-state index contributed by atoms with van der Waals surface area (Å²) in [5, 5.41) is 3.46. The first-order valence-electron chi connectivity index (χ1n) is 7.37. The molecule has 1 aromatic heterocycles. The van der Waals surface area contributed by atoms with E-state index in [0.717, 1.165) is 14.8 Å². The van der Waals surface area contributed by atoms with Gasteiger partial charge < -0.3 is 9.73 Å². The number of nitrogens with one attached hydrogen (secondary N) is 1. The third-order valence-corrected chi connectivity index (χ3v) is 4.44. The van der Waals surface area contributed by atoms with E-state index in [0.29, 0.717) is 29.5 Å². The molecule has 1 N–H and O–H groups in total. The number of oxazole rings is 1. The molecule has 4 nitrogen and oxygen atoms in total. The van der Waals surface area contributed by atoms with Gasteiger partial charge in [-0.3, -0.25) is 4.79 Å². The number of aryl methyl sites for hydroxylation is 1. The monoisotopic (exact) mass is 452 g/mol. The van der Waals surface area contributed by atoms with Gasteiger partial charge in [-0.25, -0.2) is 4.98 Å². The van der Waals surface area contributed by atoms with Gasteiger partial charge in [0.15, 0.2) is 11.7 Å². The van der Waals surface area contributed by atoms with Gasteiger partial charge in [-0.05, 0) is 59.0 Å². The summed E-state index contributed by atoms with van der Waals surface area (Å²) in [6.07, 6.45) is 2.36. The quantitative estimate of drug-likeness (QED) is 0.543. The summed E-state index contributed by atoms with van der Waals surface area (Å²) in [6.45, 7) is 0. The SMILES string of the molecule is O=C(CCc1ncc(-c2ccccc2Cl)o1)Nc1ccc(I)cc1. The van der Waals surface area contributed by atoms with Crippen LogP contribution in [-0.2, 0) is 11.2 Å². The van der Waals surface area contributed by atoms with Crippen LogP contribution in [0.3, 0.4) is 0 Å². The average molecular weight is 453 g/mol. The smallest absolute Gasteiger partial charge is 0.224 e. The maximum Gasteiger partial charge on any atom is 0.224 e. The number of halogens is 2. The number of anilines is 1. The highest BCUT2D eigenvalue weighted by Gasteiger charge is 2.11. The summed E-state index contributed by atoms with van der Waals surface area (Å²) in [7, 11) is 0. The average Bonchev–Trinajstić information content (AvgIpc) is 3.04. The van der Waals surface area contributed by atoms with Crippen molar-refractivity contribution in [2.45, 2.75) is 12.8 Å². The molecule has 0 aliphatic rings. The molecule has 0 atom stereocenters. The second kappa shape index (κ2) is 7.81. The number of carbonyl (C=O) groups excluding carboxylic acids is 1. The molecule has 0 spiro atoms. The lowest BCUT2D eigenvalue weighted by atomic mass is 10.2. The van der Waals surface area contributed by atoms with Crippen molar-refractivity contribution in [1.29, 1.82) is 0 Å². The third kappa shape index (κ3) is 4.36. The van der Waals surface area contributed by atoms with Crippen LogP contribution in [0.15, 0.2) is 59.1 Å². The Morgan fingerprint density at radius 3 is 2.67 bits per heavy atom. The number of hydrogen-bond donors (Lipinski definition) is 1. The second-order valence-electron chi connectivity index (χ2n) is 5.15. The summed E-state index contributed by atoms with van der Waals surface area (Å²) in [5.41, 5.74) is 1.57. The third-order valence-electron chi connectivity index (χ3n) is 3.39. The number of amides is 1. The summed E-state index contributed by atoms with van der Waals surface area (Å²) in [6, 6.07) is 15.1. The van der Waals surface area contributed by atoms with E-state index in [4.69, 9.17) is 16.0 Å². The van der Waals surface area contributed by atoms with Crippen LogP contribution >= 0.6 is 34.2 Å². The highest BCUT2D eigenvalue weighted by molar-refractivity contribution is 14.1. The van der Waals surface area contributed by atoms with Crippen LogP contribution in [0.1, 0.15) is 12.3 Å². The van der Waals surface area contributed by atoms with Crippen molar-refractivity contribution in [3.63, 3.8) is 0 Å².